The molecular weight excluding hydrogens is 376 g/mol. The first-order valence-electron chi connectivity index (χ1n) is 10.6. The Morgan fingerprint density at radius 1 is 1.10 bits per heavy atom. The normalized spacial score (nSPS) is 14.7. The van der Waals surface area contributed by atoms with Gasteiger partial charge < -0.3 is 14.4 Å². The van der Waals surface area contributed by atoms with Crippen LogP contribution in [0.15, 0.2) is 48.7 Å². The Hall–Kier alpha value is -3.08. The van der Waals surface area contributed by atoms with Gasteiger partial charge in [-0.2, -0.15) is 0 Å². The van der Waals surface area contributed by atoms with E-state index in [0.29, 0.717) is 6.42 Å². The monoisotopic (exact) mass is 404 g/mol. The Labute approximate surface area is 177 Å². The van der Waals surface area contributed by atoms with Crippen molar-refractivity contribution in [3.8, 4) is 22.6 Å². The van der Waals surface area contributed by atoms with E-state index in [1.54, 1.807) is 7.11 Å². The smallest absolute Gasteiger partial charge is 0.222 e. The Bertz CT molecular complexity index is 1040. The average molecular weight is 405 g/mol. The predicted molar refractivity (Wildman–Crippen MR) is 119 cm³/mol. The number of piperidine rings is 1. The summed E-state index contributed by atoms with van der Waals surface area (Å²) in [5.41, 5.74) is 4.20. The van der Waals surface area contributed by atoms with Crippen LogP contribution in [0.25, 0.3) is 22.0 Å². The van der Waals surface area contributed by atoms with Crippen LogP contribution in [0.2, 0.25) is 0 Å². The number of benzene rings is 2. The minimum atomic E-state index is 0.164. The first-order valence-corrected chi connectivity index (χ1v) is 10.6. The molecule has 0 saturated carbocycles. The number of aromatic nitrogens is 1. The number of hydrogen-bond donors (Lipinski definition) is 0. The second-order valence-electron chi connectivity index (χ2n) is 7.76. The van der Waals surface area contributed by atoms with E-state index in [0.717, 1.165) is 65.0 Å². The van der Waals surface area contributed by atoms with Crippen molar-refractivity contribution in [2.75, 3.05) is 20.2 Å². The van der Waals surface area contributed by atoms with E-state index in [9.17, 15) is 4.79 Å². The summed E-state index contributed by atoms with van der Waals surface area (Å²) in [6, 6.07) is 14.4. The lowest BCUT2D eigenvalue weighted by molar-refractivity contribution is -0.132. The number of likely N-dealkylation sites (tertiary alicyclic amines) is 1. The van der Waals surface area contributed by atoms with Gasteiger partial charge in [0.2, 0.25) is 5.91 Å². The third-order valence-electron chi connectivity index (χ3n) is 5.86. The molecule has 1 aliphatic rings. The van der Waals surface area contributed by atoms with Crippen LogP contribution in [0.3, 0.4) is 0 Å². The highest BCUT2D eigenvalue weighted by molar-refractivity contribution is 5.87. The van der Waals surface area contributed by atoms with E-state index < -0.39 is 0 Å². The van der Waals surface area contributed by atoms with Crippen LogP contribution in [-0.4, -0.2) is 42.1 Å². The van der Waals surface area contributed by atoms with Gasteiger partial charge in [-0.3, -0.25) is 9.78 Å². The van der Waals surface area contributed by atoms with Gasteiger partial charge in [0.05, 0.1) is 12.6 Å². The molecule has 0 atom stereocenters. The fraction of sp³-hybridized carbons (Fsp3) is 0.360. The summed E-state index contributed by atoms with van der Waals surface area (Å²) < 4.78 is 11.5. The Morgan fingerprint density at radius 2 is 1.83 bits per heavy atom. The number of amides is 1. The molecule has 1 amide bonds. The molecule has 0 N–H and O–H groups in total. The molecule has 0 spiro atoms. The van der Waals surface area contributed by atoms with Crippen molar-refractivity contribution in [1.29, 1.82) is 0 Å². The topological polar surface area (TPSA) is 51.7 Å². The number of aryl methyl sites for hydroxylation is 1. The molecule has 1 saturated heterocycles. The molecule has 5 nitrogen and oxygen atoms in total. The second-order valence-corrected chi connectivity index (χ2v) is 7.76. The quantitative estimate of drug-likeness (QED) is 0.601. The zero-order valence-electron chi connectivity index (χ0n) is 17.9. The number of fused-ring (bicyclic) bond motifs is 1. The van der Waals surface area contributed by atoms with Gasteiger partial charge in [0.25, 0.3) is 0 Å². The molecule has 1 aliphatic heterocycles. The third kappa shape index (κ3) is 4.11. The standard InChI is InChI=1S/C25H28N2O3/c1-4-24(28)27-13-11-22(12-14-27)30-21-8-5-18(6-9-21)20-15-19-7-10-23(29-3)17(2)25(19)26-16-20/h5-10,15-16,22H,4,11-14H2,1-3H3. The summed E-state index contributed by atoms with van der Waals surface area (Å²) in [4.78, 5) is 18.4. The molecule has 4 rings (SSSR count). The summed E-state index contributed by atoms with van der Waals surface area (Å²) in [6.07, 6.45) is 4.40. The van der Waals surface area contributed by atoms with Gasteiger partial charge in [-0.15, -0.1) is 0 Å². The fourth-order valence-corrected chi connectivity index (χ4v) is 4.07. The SMILES string of the molecule is CCC(=O)N1CCC(Oc2ccc(-c3cnc4c(C)c(OC)ccc4c3)cc2)CC1. The number of rotatable bonds is 5. The maximum absolute atomic E-state index is 11.8. The van der Waals surface area contributed by atoms with Crippen LogP contribution in [0.5, 0.6) is 11.5 Å². The van der Waals surface area contributed by atoms with Gasteiger partial charge in [0.1, 0.15) is 17.6 Å². The molecule has 0 unspecified atom stereocenters. The number of carbonyl (C=O) groups is 1. The molecule has 156 valence electrons. The molecular formula is C25H28N2O3. The second kappa shape index (κ2) is 8.74. The highest BCUT2D eigenvalue weighted by atomic mass is 16.5. The van der Waals surface area contributed by atoms with E-state index in [2.05, 4.69) is 23.2 Å². The van der Waals surface area contributed by atoms with Crippen LogP contribution < -0.4 is 9.47 Å². The lowest BCUT2D eigenvalue weighted by Gasteiger charge is -2.32. The van der Waals surface area contributed by atoms with Crippen LogP contribution >= 0.6 is 0 Å². The molecule has 0 bridgehead atoms. The van der Waals surface area contributed by atoms with Crippen molar-refractivity contribution in [1.82, 2.24) is 9.88 Å². The largest absolute Gasteiger partial charge is 0.496 e. The maximum Gasteiger partial charge on any atom is 0.222 e. The van der Waals surface area contributed by atoms with Crippen LogP contribution in [-0.2, 0) is 4.79 Å². The van der Waals surface area contributed by atoms with Gasteiger partial charge in [-0.1, -0.05) is 19.1 Å². The number of ether oxygens (including phenoxy) is 2. The summed E-state index contributed by atoms with van der Waals surface area (Å²) >= 11 is 0. The van der Waals surface area contributed by atoms with Gasteiger partial charge in [-0.25, -0.2) is 0 Å². The van der Waals surface area contributed by atoms with Gasteiger partial charge in [-0.05, 0) is 42.8 Å². The molecule has 1 aromatic heterocycles. The molecule has 1 fully saturated rings. The van der Waals surface area contributed by atoms with Crippen molar-refractivity contribution < 1.29 is 14.3 Å². The predicted octanol–water partition coefficient (Wildman–Crippen LogP) is 5.00. The van der Waals surface area contributed by atoms with Gasteiger partial charge in [0, 0.05) is 55.1 Å². The molecule has 5 heteroatoms. The summed E-state index contributed by atoms with van der Waals surface area (Å²) in [5.74, 6) is 1.96. The van der Waals surface area contributed by atoms with Crippen LogP contribution in [0.4, 0.5) is 0 Å². The maximum atomic E-state index is 11.8. The Morgan fingerprint density at radius 3 is 2.50 bits per heavy atom. The minimum absolute atomic E-state index is 0.164. The molecule has 30 heavy (non-hydrogen) atoms. The van der Waals surface area contributed by atoms with Crippen LogP contribution in [0, 0.1) is 6.92 Å². The Balaban J connectivity index is 1.44. The molecule has 3 aromatic rings. The summed E-state index contributed by atoms with van der Waals surface area (Å²) in [7, 11) is 1.68. The third-order valence-corrected chi connectivity index (χ3v) is 5.86. The van der Waals surface area contributed by atoms with Crippen LogP contribution in [0.1, 0.15) is 31.7 Å². The molecule has 2 heterocycles. The first kappa shape index (κ1) is 20.2. The minimum Gasteiger partial charge on any atom is -0.496 e. The number of methoxy groups -OCH3 is 1. The lowest BCUT2D eigenvalue weighted by Crippen LogP contribution is -2.41. The highest BCUT2D eigenvalue weighted by Gasteiger charge is 2.22. The van der Waals surface area contributed by atoms with Gasteiger partial charge >= 0.3 is 0 Å². The lowest BCUT2D eigenvalue weighted by atomic mass is 10.0. The number of hydrogen-bond acceptors (Lipinski definition) is 4. The van der Waals surface area contributed by atoms with Crippen molar-refractivity contribution in [2.24, 2.45) is 0 Å². The van der Waals surface area contributed by atoms with E-state index >= 15 is 0 Å². The molecule has 0 radical (unpaired) electrons. The molecule has 2 aromatic carbocycles. The van der Waals surface area contributed by atoms with Gasteiger partial charge in [0.15, 0.2) is 0 Å². The zero-order chi connectivity index (χ0) is 21.1. The van der Waals surface area contributed by atoms with Crippen molar-refractivity contribution >= 4 is 16.8 Å². The molecule has 0 aliphatic carbocycles. The summed E-state index contributed by atoms with van der Waals surface area (Å²) in [5, 5.41) is 1.10. The van der Waals surface area contributed by atoms with E-state index in [1.165, 1.54) is 0 Å². The van der Waals surface area contributed by atoms with E-state index in [4.69, 9.17) is 9.47 Å². The number of pyridine rings is 1. The van der Waals surface area contributed by atoms with Crippen molar-refractivity contribution in [3.63, 3.8) is 0 Å². The Kier molecular flexibility index (Phi) is 5.88. The highest BCUT2D eigenvalue weighted by Crippen LogP contribution is 2.30. The number of nitrogens with zero attached hydrogens (tertiary/aromatic N) is 2. The number of carbonyl (C=O) groups excluding carboxylic acids is 1. The summed E-state index contributed by atoms with van der Waals surface area (Å²) in [6.45, 7) is 5.50. The fourth-order valence-electron chi connectivity index (χ4n) is 4.07. The van der Waals surface area contributed by atoms with Crippen molar-refractivity contribution in [2.45, 2.75) is 39.2 Å². The van der Waals surface area contributed by atoms with E-state index in [1.807, 2.05) is 49.2 Å². The average Bonchev–Trinajstić information content (AvgIpc) is 2.79. The van der Waals surface area contributed by atoms with E-state index in [-0.39, 0.29) is 12.0 Å². The first-order chi connectivity index (χ1) is 14.6. The zero-order valence-corrected chi connectivity index (χ0v) is 17.9. The van der Waals surface area contributed by atoms with Crippen molar-refractivity contribution in [3.05, 3.63) is 54.2 Å².